The van der Waals surface area contributed by atoms with E-state index < -0.39 is 0 Å². The normalized spacial score (nSPS) is 10.3. The first kappa shape index (κ1) is 16.9. The van der Waals surface area contributed by atoms with Crippen LogP contribution in [0.4, 0.5) is 10.5 Å². The summed E-state index contributed by atoms with van der Waals surface area (Å²) in [4.78, 5) is 11.9. The van der Waals surface area contributed by atoms with Crippen molar-refractivity contribution in [3.63, 3.8) is 0 Å². The third-order valence-electron chi connectivity index (χ3n) is 4.09. The summed E-state index contributed by atoms with van der Waals surface area (Å²) in [7, 11) is 0. The molecule has 0 aliphatic heterocycles. The van der Waals surface area contributed by atoms with Crippen LogP contribution >= 0.6 is 0 Å². The molecule has 23 heavy (non-hydrogen) atoms. The highest BCUT2D eigenvalue weighted by atomic mass is 16.5. The van der Waals surface area contributed by atoms with E-state index in [0.717, 1.165) is 28.1 Å². The van der Waals surface area contributed by atoms with E-state index in [4.69, 9.17) is 4.74 Å². The average molecular weight is 312 g/mol. The molecule has 2 N–H and O–H groups in total. The van der Waals surface area contributed by atoms with Gasteiger partial charge < -0.3 is 15.4 Å². The first-order valence-electron chi connectivity index (χ1n) is 7.70. The quantitative estimate of drug-likeness (QED) is 0.823. The van der Waals surface area contributed by atoms with Crippen LogP contribution in [0.3, 0.4) is 0 Å². The Balaban J connectivity index is 1.90. The number of hydrogen-bond acceptors (Lipinski definition) is 2. The fraction of sp³-hybridized carbons (Fsp3) is 0.316. The highest BCUT2D eigenvalue weighted by Crippen LogP contribution is 2.25. The number of ether oxygens (including phenoxy) is 1. The predicted octanol–water partition coefficient (Wildman–Crippen LogP) is 4.39. The van der Waals surface area contributed by atoms with E-state index in [1.54, 1.807) is 0 Å². The molecule has 0 atom stereocenters. The largest absolute Gasteiger partial charge is 0.473 e. The number of amides is 2. The van der Waals surface area contributed by atoms with E-state index in [-0.39, 0.29) is 12.8 Å². The van der Waals surface area contributed by atoms with Gasteiger partial charge in [0.05, 0.1) is 0 Å². The Morgan fingerprint density at radius 3 is 2.26 bits per heavy atom. The van der Waals surface area contributed by atoms with Gasteiger partial charge in [-0.1, -0.05) is 18.2 Å². The number of nitrogens with one attached hydrogen (secondary N) is 2. The molecule has 2 aromatic rings. The molecule has 122 valence electrons. The first-order chi connectivity index (χ1) is 10.9. The molecule has 0 saturated heterocycles. The Hall–Kier alpha value is -2.49. The van der Waals surface area contributed by atoms with Crippen molar-refractivity contribution in [3.8, 4) is 5.75 Å². The van der Waals surface area contributed by atoms with Crippen LogP contribution in [0.25, 0.3) is 0 Å². The molecule has 0 radical (unpaired) electrons. The van der Waals surface area contributed by atoms with Crippen LogP contribution in [-0.4, -0.2) is 12.8 Å². The molecule has 0 heterocycles. The third kappa shape index (κ3) is 4.25. The molecule has 0 bridgehead atoms. The van der Waals surface area contributed by atoms with Gasteiger partial charge in [-0.15, -0.1) is 0 Å². The summed E-state index contributed by atoms with van der Waals surface area (Å²) < 4.78 is 5.73. The van der Waals surface area contributed by atoms with Crippen molar-refractivity contribution in [2.45, 2.75) is 34.6 Å². The van der Waals surface area contributed by atoms with Crippen LogP contribution in [0, 0.1) is 34.6 Å². The molecular formula is C19H24N2O2. The van der Waals surface area contributed by atoms with Gasteiger partial charge in [-0.2, -0.15) is 0 Å². The second kappa shape index (κ2) is 7.18. The van der Waals surface area contributed by atoms with E-state index in [1.165, 1.54) is 11.1 Å². The Morgan fingerprint density at radius 1 is 0.913 bits per heavy atom. The lowest BCUT2D eigenvalue weighted by Gasteiger charge is -2.15. The SMILES string of the molecule is Cc1ccc(NC(=O)NCOc2c(C)ccc(C)c2C)cc1C. The minimum absolute atomic E-state index is 0.127. The maximum Gasteiger partial charge on any atom is 0.321 e. The van der Waals surface area contributed by atoms with Crippen molar-refractivity contribution in [2.75, 3.05) is 12.0 Å². The Kier molecular flexibility index (Phi) is 5.27. The Labute approximate surface area is 137 Å². The summed E-state index contributed by atoms with van der Waals surface area (Å²) in [5.74, 6) is 0.830. The van der Waals surface area contributed by atoms with E-state index in [1.807, 2.05) is 58.9 Å². The number of carbonyl (C=O) groups is 1. The van der Waals surface area contributed by atoms with Gasteiger partial charge >= 0.3 is 6.03 Å². The molecule has 0 aliphatic rings. The highest BCUT2D eigenvalue weighted by molar-refractivity contribution is 5.89. The molecular weight excluding hydrogens is 288 g/mol. The summed E-state index contributed by atoms with van der Waals surface area (Å²) in [6.45, 7) is 10.2. The Bertz CT molecular complexity index is 724. The fourth-order valence-electron chi connectivity index (χ4n) is 2.32. The van der Waals surface area contributed by atoms with Gasteiger partial charge in [-0.05, 0) is 74.6 Å². The summed E-state index contributed by atoms with van der Waals surface area (Å²) in [6, 6.07) is 9.63. The van der Waals surface area contributed by atoms with Crippen molar-refractivity contribution < 1.29 is 9.53 Å². The number of carbonyl (C=O) groups excluding carboxylic acids is 1. The van der Waals surface area contributed by atoms with Crippen molar-refractivity contribution in [2.24, 2.45) is 0 Å². The number of hydrogen-bond donors (Lipinski definition) is 2. The lowest BCUT2D eigenvalue weighted by atomic mass is 10.1. The minimum atomic E-state index is -0.281. The zero-order valence-electron chi connectivity index (χ0n) is 14.4. The van der Waals surface area contributed by atoms with Crippen molar-refractivity contribution in [3.05, 3.63) is 58.1 Å². The predicted molar refractivity (Wildman–Crippen MR) is 94.2 cm³/mol. The molecule has 0 fully saturated rings. The van der Waals surface area contributed by atoms with Gasteiger partial charge in [0.1, 0.15) is 5.75 Å². The summed E-state index contributed by atoms with van der Waals surface area (Å²) in [6.07, 6.45) is 0. The number of anilines is 1. The van der Waals surface area contributed by atoms with Crippen LogP contribution < -0.4 is 15.4 Å². The molecule has 0 aliphatic carbocycles. The lowest BCUT2D eigenvalue weighted by molar-refractivity contribution is 0.234. The lowest BCUT2D eigenvalue weighted by Crippen LogP contribution is -2.32. The first-order valence-corrected chi connectivity index (χ1v) is 7.70. The zero-order chi connectivity index (χ0) is 17.0. The average Bonchev–Trinajstić information content (AvgIpc) is 2.50. The third-order valence-corrected chi connectivity index (χ3v) is 4.09. The van der Waals surface area contributed by atoms with Crippen LogP contribution in [0.2, 0.25) is 0 Å². The van der Waals surface area contributed by atoms with Gasteiger partial charge in [-0.25, -0.2) is 4.79 Å². The maximum atomic E-state index is 11.9. The van der Waals surface area contributed by atoms with Crippen LogP contribution in [0.1, 0.15) is 27.8 Å². The van der Waals surface area contributed by atoms with Gasteiger partial charge in [0.2, 0.25) is 0 Å². The van der Waals surface area contributed by atoms with Crippen molar-refractivity contribution >= 4 is 11.7 Å². The van der Waals surface area contributed by atoms with Crippen molar-refractivity contribution in [1.29, 1.82) is 0 Å². The zero-order valence-corrected chi connectivity index (χ0v) is 14.4. The Morgan fingerprint density at radius 2 is 1.57 bits per heavy atom. The highest BCUT2D eigenvalue weighted by Gasteiger charge is 2.07. The standard InChI is InChI=1S/C19H24N2O2/c1-12-8-9-17(10-15(12)4)21-19(22)20-11-23-18-14(3)7-6-13(2)16(18)5/h6-10H,11H2,1-5H3,(H2,20,21,22). The monoisotopic (exact) mass is 312 g/mol. The molecule has 0 unspecified atom stereocenters. The van der Waals surface area contributed by atoms with Gasteiger partial charge in [0, 0.05) is 5.69 Å². The van der Waals surface area contributed by atoms with Gasteiger partial charge in [-0.3, -0.25) is 0 Å². The number of urea groups is 1. The molecule has 2 aromatic carbocycles. The van der Waals surface area contributed by atoms with Crippen molar-refractivity contribution in [1.82, 2.24) is 5.32 Å². The summed E-state index contributed by atoms with van der Waals surface area (Å²) in [5.41, 5.74) is 6.44. The van der Waals surface area contributed by atoms with Gasteiger partial charge in [0.15, 0.2) is 6.73 Å². The molecule has 4 heteroatoms. The molecule has 0 spiro atoms. The number of rotatable bonds is 4. The molecule has 2 amide bonds. The molecule has 0 aromatic heterocycles. The van der Waals surface area contributed by atoms with E-state index in [2.05, 4.69) is 16.7 Å². The minimum Gasteiger partial charge on any atom is -0.473 e. The second-order valence-corrected chi connectivity index (χ2v) is 5.87. The molecule has 0 saturated carbocycles. The van der Waals surface area contributed by atoms with E-state index >= 15 is 0 Å². The summed E-state index contributed by atoms with van der Waals surface area (Å²) in [5, 5.41) is 5.52. The number of benzene rings is 2. The molecule has 4 nitrogen and oxygen atoms in total. The van der Waals surface area contributed by atoms with Crippen LogP contribution in [-0.2, 0) is 0 Å². The van der Waals surface area contributed by atoms with Crippen LogP contribution in [0.5, 0.6) is 5.75 Å². The van der Waals surface area contributed by atoms with Crippen LogP contribution in [0.15, 0.2) is 30.3 Å². The van der Waals surface area contributed by atoms with E-state index in [0.29, 0.717) is 0 Å². The smallest absolute Gasteiger partial charge is 0.321 e. The van der Waals surface area contributed by atoms with Gasteiger partial charge in [0.25, 0.3) is 0 Å². The topological polar surface area (TPSA) is 50.4 Å². The van der Waals surface area contributed by atoms with E-state index in [9.17, 15) is 4.79 Å². The maximum absolute atomic E-state index is 11.9. The molecule has 2 rings (SSSR count). The summed E-state index contributed by atoms with van der Waals surface area (Å²) >= 11 is 0. The number of aryl methyl sites for hydroxylation is 4. The second-order valence-electron chi connectivity index (χ2n) is 5.87. The fourth-order valence-corrected chi connectivity index (χ4v) is 2.32.